The van der Waals surface area contributed by atoms with Crippen LogP contribution in [0.2, 0.25) is 0 Å². The third kappa shape index (κ3) is 3.05. The van der Waals surface area contributed by atoms with Crippen LogP contribution < -0.4 is 10.5 Å². The van der Waals surface area contributed by atoms with Crippen LogP contribution in [-0.2, 0) is 29.5 Å². The number of carbonyl (C=O) groups excluding carboxylic acids is 3. The number of benzene rings is 2. The number of esters is 2. The molecule has 38 heavy (non-hydrogen) atoms. The van der Waals surface area contributed by atoms with Gasteiger partial charge in [-0.2, -0.15) is 0 Å². The van der Waals surface area contributed by atoms with Crippen LogP contribution >= 0.6 is 0 Å². The molecule has 0 saturated carbocycles. The van der Waals surface area contributed by atoms with E-state index in [1.165, 1.54) is 16.4 Å². The fourth-order valence-corrected chi connectivity index (χ4v) is 5.98. The minimum atomic E-state index is -1.45. The Morgan fingerprint density at radius 2 is 1.82 bits per heavy atom. The fraction of sp³-hybridized carbons (Fsp3) is 0.370. The summed E-state index contributed by atoms with van der Waals surface area (Å²) in [7, 11) is 0. The second kappa shape index (κ2) is 7.95. The van der Waals surface area contributed by atoms with Crippen molar-refractivity contribution in [2.45, 2.75) is 63.6 Å². The van der Waals surface area contributed by atoms with Crippen LogP contribution in [-0.4, -0.2) is 49.4 Å². The Balaban J connectivity index is 1.55. The van der Waals surface area contributed by atoms with E-state index in [1.54, 1.807) is 69.3 Å². The minimum absolute atomic E-state index is 0.0653. The SMILES string of the molecule is CC(=O)O[C@@H](C)c1nc2ccccc2c(=O)n1[C@@H]1C[C@]2(OC1=O)c1ccccc1N1C(=O)C(C)(C)N(O)[C@H]12. The molecular formula is C27H26N4O7. The quantitative estimate of drug-likeness (QED) is 0.520. The third-order valence-corrected chi connectivity index (χ3v) is 7.73. The van der Waals surface area contributed by atoms with E-state index in [2.05, 4.69) is 4.98 Å². The van der Waals surface area contributed by atoms with Crippen molar-refractivity contribution in [2.75, 3.05) is 4.90 Å². The molecule has 11 heteroatoms. The van der Waals surface area contributed by atoms with E-state index in [4.69, 9.17) is 9.47 Å². The first-order valence-corrected chi connectivity index (χ1v) is 12.3. The van der Waals surface area contributed by atoms with Gasteiger partial charge in [-0.15, -0.1) is 5.06 Å². The maximum atomic E-state index is 13.8. The molecule has 1 N–H and O–H groups in total. The topological polar surface area (TPSA) is 131 Å². The Kier molecular flexibility index (Phi) is 5.08. The smallest absolute Gasteiger partial charge is 0.330 e. The first-order valence-electron chi connectivity index (χ1n) is 12.3. The lowest BCUT2D eigenvalue weighted by molar-refractivity contribution is -0.209. The van der Waals surface area contributed by atoms with Crippen molar-refractivity contribution >= 4 is 34.4 Å². The molecule has 6 rings (SSSR count). The maximum Gasteiger partial charge on any atom is 0.330 e. The number of aromatic nitrogens is 2. The summed E-state index contributed by atoms with van der Waals surface area (Å²) in [5.41, 5.74) is -1.74. The molecule has 3 aliphatic heterocycles. The molecule has 2 aromatic carbocycles. The number of amides is 1. The van der Waals surface area contributed by atoms with Crippen LogP contribution in [0.4, 0.5) is 5.69 Å². The van der Waals surface area contributed by atoms with Crippen molar-refractivity contribution in [1.29, 1.82) is 0 Å². The van der Waals surface area contributed by atoms with Gasteiger partial charge < -0.3 is 14.7 Å². The van der Waals surface area contributed by atoms with E-state index in [-0.39, 0.29) is 23.5 Å². The van der Waals surface area contributed by atoms with Crippen molar-refractivity contribution in [1.82, 2.24) is 14.6 Å². The maximum absolute atomic E-state index is 13.8. The number of carbonyl (C=O) groups is 3. The molecule has 0 aliphatic carbocycles. The summed E-state index contributed by atoms with van der Waals surface area (Å²) < 4.78 is 12.7. The third-order valence-electron chi connectivity index (χ3n) is 7.73. The van der Waals surface area contributed by atoms with Crippen LogP contribution in [0, 0.1) is 0 Å². The molecular weight excluding hydrogens is 492 g/mol. The Labute approximate surface area is 217 Å². The van der Waals surface area contributed by atoms with Gasteiger partial charge in [-0.05, 0) is 39.0 Å². The van der Waals surface area contributed by atoms with Gasteiger partial charge in [0.15, 0.2) is 23.7 Å². The number of para-hydroxylation sites is 2. The molecule has 11 nitrogen and oxygen atoms in total. The first-order chi connectivity index (χ1) is 18.0. The Hall–Kier alpha value is -4.09. The van der Waals surface area contributed by atoms with Crippen LogP contribution in [0.25, 0.3) is 10.9 Å². The van der Waals surface area contributed by atoms with E-state index >= 15 is 0 Å². The normalized spacial score (nSPS) is 26.5. The summed E-state index contributed by atoms with van der Waals surface area (Å²) in [5, 5.41) is 12.4. The van der Waals surface area contributed by atoms with Gasteiger partial charge in [0, 0.05) is 18.9 Å². The highest BCUT2D eigenvalue weighted by Crippen LogP contribution is 2.58. The lowest BCUT2D eigenvalue weighted by Gasteiger charge is -2.35. The molecule has 1 amide bonds. The van der Waals surface area contributed by atoms with E-state index in [0.717, 1.165) is 5.06 Å². The largest absolute Gasteiger partial charge is 0.455 e. The molecule has 0 bridgehead atoms. The predicted octanol–water partition coefficient (Wildman–Crippen LogP) is 2.56. The Morgan fingerprint density at radius 1 is 1.13 bits per heavy atom. The zero-order valence-electron chi connectivity index (χ0n) is 21.2. The molecule has 2 saturated heterocycles. The van der Waals surface area contributed by atoms with Crippen LogP contribution in [0.1, 0.15) is 57.6 Å². The lowest BCUT2D eigenvalue weighted by atomic mass is 9.88. The van der Waals surface area contributed by atoms with Crippen molar-refractivity contribution in [2.24, 2.45) is 0 Å². The van der Waals surface area contributed by atoms with Gasteiger partial charge in [0.25, 0.3) is 11.5 Å². The number of rotatable bonds is 3. The number of nitrogens with zero attached hydrogens (tertiary/aromatic N) is 4. The van der Waals surface area contributed by atoms with Gasteiger partial charge in [0.1, 0.15) is 11.6 Å². The average molecular weight is 519 g/mol. The second-order valence-electron chi connectivity index (χ2n) is 10.4. The molecule has 2 fully saturated rings. The Bertz CT molecular complexity index is 1600. The minimum Gasteiger partial charge on any atom is -0.455 e. The van der Waals surface area contributed by atoms with Gasteiger partial charge in [-0.1, -0.05) is 30.3 Å². The summed E-state index contributed by atoms with van der Waals surface area (Å²) >= 11 is 0. The van der Waals surface area contributed by atoms with Crippen molar-refractivity contribution in [3.63, 3.8) is 0 Å². The number of hydroxylamine groups is 2. The van der Waals surface area contributed by atoms with Gasteiger partial charge >= 0.3 is 11.9 Å². The van der Waals surface area contributed by atoms with Crippen molar-refractivity contribution < 1.29 is 29.1 Å². The highest BCUT2D eigenvalue weighted by Gasteiger charge is 2.70. The molecule has 0 radical (unpaired) electrons. The predicted molar refractivity (Wildman–Crippen MR) is 133 cm³/mol. The van der Waals surface area contributed by atoms with Crippen molar-refractivity contribution in [3.05, 3.63) is 70.3 Å². The summed E-state index contributed by atoms with van der Waals surface area (Å²) in [4.78, 5) is 58.7. The highest BCUT2D eigenvalue weighted by molar-refractivity contribution is 6.05. The molecule has 4 heterocycles. The summed E-state index contributed by atoms with van der Waals surface area (Å²) in [6.45, 7) is 6.01. The summed E-state index contributed by atoms with van der Waals surface area (Å²) in [6.07, 6.45) is -2.04. The molecule has 0 unspecified atom stereocenters. The molecule has 1 spiro atoms. The first kappa shape index (κ1) is 24.3. The summed E-state index contributed by atoms with van der Waals surface area (Å²) in [5.74, 6) is -1.54. The number of ether oxygens (including phenoxy) is 2. The number of fused-ring (bicyclic) bond motifs is 6. The van der Waals surface area contributed by atoms with Gasteiger partial charge in [-0.3, -0.25) is 23.9 Å². The fourth-order valence-electron chi connectivity index (χ4n) is 5.98. The van der Waals surface area contributed by atoms with Crippen molar-refractivity contribution in [3.8, 4) is 0 Å². The molecule has 196 valence electrons. The van der Waals surface area contributed by atoms with Gasteiger partial charge in [0.2, 0.25) is 0 Å². The van der Waals surface area contributed by atoms with E-state index in [1.807, 2.05) is 0 Å². The van der Waals surface area contributed by atoms with Crippen LogP contribution in [0.15, 0.2) is 53.3 Å². The van der Waals surface area contributed by atoms with E-state index in [0.29, 0.717) is 16.8 Å². The average Bonchev–Trinajstić information content (AvgIpc) is 3.42. The monoisotopic (exact) mass is 518 g/mol. The van der Waals surface area contributed by atoms with Crippen LogP contribution in [0.5, 0.6) is 0 Å². The standard InChI is InChI=1S/C27H26N4O7/c1-14(37-15(2)32)21-28-18-11-7-5-9-16(18)22(33)29(21)20-13-27(38-23(20)34)17-10-6-8-12-19(17)30-24(27)31(36)26(3,4)25(30)35/h5-12,14,20,24,36H,13H2,1-4H3/t14-,20+,24-,27-/m0/s1. The molecule has 1 aromatic heterocycles. The van der Waals surface area contributed by atoms with Crippen LogP contribution in [0.3, 0.4) is 0 Å². The highest BCUT2D eigenvalue weighted by atomic mass is 16.6. The zero-order valence-corrected chi connectivity index (χ0v) is 21.2. The number of hydrogen-bond donors (Lipinski definition) is 1. The molecule has 3 aliphatic rings. The summed E-state index contributed by atoms with van der Waals surface area (Å²) in [6, 6.07) is 12.6. The molecule has 4 atom stereocenters. The Morgan fingerprint density at radius 3 is 2.55 bits per heavy atom. The van der Waals surface area contributed by atoms with E-state index < -0.39 is 46.9 Å². The van der Waals surface area contributed by atoms with E-state index in [9.17, 15) is 24.4 Å². The second-order valence-corrected chi connectivity index (χ2v) is 10.4. The van der Waals surface area contributed by atoms with Gasteiger partial charge in [0.05, 0.1) is 16.6 Å². The zero-order chi connectivity index (χ0) is 27.1. The number of anilines is 1. The van der Waals surface area contributed by atoms with Gasteiger partial charge in [-0.25, -0.2) is 9.78 Å². The molecule has 3 aromatic rings. The lowest BCUT2D eigenvalue weighted by Crippen LogP contribution is -2.52. The number of hydrogen-bond acceptors (Lipinski definition) is 9.